The number of aliphatic hydroxyl groups is 9. The summed E-state index contributed by atoms with van der Waals surface area (Å²) in [5, 5.41) is 98.4. The number of carbonyl (C=O) groups is 2. The van der Waals surface area contributed by atoms with E-state index in [0.29, 0.717) is 0 Å². The minimum atomic E-state index is -4.79. The Labute approximate surface area is 269 Å². The summed E-state index contributed by atoms with van der Waals surface area (Å²) in [6, 6.07) is 9.25. The van der Waals surface area contributed by atoms with Gasteiger partial charge in [-0.3, -0.25) is 19.2 Å². The number of rotatable bonds is 3. The summed E-state index contributed by atoms with van der Waals surface area (Å²) in [5.41, 5.74) is -6.15. The number of hydrogen-bond acceptors (Lipinski definition) is 13. The molecule has 20 heteroatoms. The average Bonchev–Trinajstić information content (AvgIpc) is 3.00. The standard InChI is InChI=1S/C26H20B2Cl2FN3O12/c27-21(37)22(38,39)23(40,41)25(43)34(24(21,28)42)17-9-10(12-8-11(19(32)35)4-6-13(12)29)5-7-16(17)33(26(44,45)46-25)20(36)18-14(30)2-1-3-15(18)31/h1-9,37-45H,(H2,32,35). The van der Waals surface area contributed by atoms with Gasteiger partial charge in [-0.05, 0) is 48.0 Å². The van der Waals surface area contributed by atoms with E-state index in [1.54, 1.807) is 0 Å². The Morgan fingerprint density at radius 1 is 0.826 bits per heavy atom. The molecular weight excluding hydrogens is 658 g/mol. The van der Waals surface area contributed by atoms with Gasteiger partial charge in [-0.1, -0.05) is 35.3 Å². The second-order valence-electron chi connectivity index (χ2n) is 10.5. The van der Waals surface area contributed by atoms with Crippen molar-refractivity contribution >= 4 is 62.1 Å². The lowest BCUT2D eigenvalue weighted by Gasteiger charge is -2.66. The fraction of sp³-hybridized carbons (Fsp3) is 0.231. The molecule has 1 fully saturated rings. The fourth-order valence-corrected chi connectivity index (χ4v) is 5.65. The van der Waals surface area contributed by atoms with Crippen LogP contribution >= 0.6 is 23.2 Å². The average molecular weight is 678 g/mol. The normalized spacial score (nSPS) is 27.7. The molecule has 0 saturated carbocycles. The maximum atomic E-state index is 14.9. The van der Waals surface area contributed by atoms with E-state index >= 15 is 0 Å². The number of fused-ring (bicyclic) bond motifs is 3. The Bertz CT molecular complexity index is 1790. The topological polar surface area (TPSA) is 258 Å². The first-order chi connectivity index (χ1) is 21.0. The third kappa shape index (κ3) is 4.39. The van der Waals surface area contributed by atoms with Crippen LogP contribution in [0.15, 0.2) is 54.6 Å². The van der Waals surface area contributed by atoms with E-state index < -0.39 is 74.3 Å². The van der Waals surface area contributed by atoms with Gasteiger partial charge < -0.3 is 51.7 Å². The fourth-order valence-electron chi connectivity index (χ4n) is 5.18. The molecule has 3 aromatic rings. The van der Waals surface area contributed by atoms with Gasteiger partial charge in [0.1, 0.15) is 32.6 Å². The maximum absolute atomic E-state index is 14.9. The van der Waals surface area contributed by atoms with Crippen LogP contribution in [0.2, 0.25) is 10.0 Å². The molecule has 2 amide bonds. The lowest BCUT2D eigenvalue weighted by Crippen LogP contribution is -2.94. The van der Waals surface area contributed by atoms with Gasteiger partial charge in [-0.2, -0.15) is 0 Å². The monoisotopic (exact) mass is 677 g/mol. The predicted molar refractivity (Wildman–Crippen MR) is 155 cm³/mol. The van der Waals surface area contributed by atoms with E-state index in [0.717, 1.165) is 42.5 Å². The molecule has 0 spiro atoms. The molecule has 3 atom stereocenters. The van der Waals surface area contributed by atoms with Crippen molar-refractivity contribution < 1.29 is 64.7 Å². The van der Waals surface area contributed by atoms with Crippen LogP contribution in [0.4, 0.5) is 15.8 Å². The largest absolute Gasteiger partial charge is 0.390 e. The molecule has 2 aliphatic heterocycles. The van der Waals surface area contributed by atoms with Crippen molar-refractivity contribution in [3.63, 3.8) is 0 Å². The highest BCUT2D eigenvalue weighted by atomic mass is 35.5. The number of hydrogen-bond donors (Lipinski definition) is 10. The van der Waals surface area contributed by atoms with Crippen molar-refractivity contribution in [3.05, 3.63) is 81.6 Å². The van der Waals surface area contributed by atoms with Gasteiger partial charge in [-0.15, -0.1) is 0 Å². The Kier molecular flexibility index (Phi) is 7.62. The van der Waals surface area contributed by atoms with Crippen molar-refractivity contribution in [3.8, 4) is 11.1 Å². The zero-order valence-corrected chi connectivity index (χ0v) is 24.2. The highest BCUT2D eigenvalue weighted by Crippen LogP contribution is 2.57. The summed E-state index contributed by atoms with van der Waals surface area (Å²) in [4.78, 5) is 25.1. The maximum Gasteiger partial charge on any atom is 0.383 e. The first-order valence-electron chi connectivity index (χ1n) is 12.6. The molecule has 3 aromatic carbocycles. The number of anilines is 2. The van der Waals surface area contributed by atoms with E-state index in [4.69, 9.17) is 49.4 Å². The third-order valence-electron chi connectivity index (χ3n) is 7.65. The zero-order chi connectivity index (χ0) is 34.6. The highest BCUT2D eigenvalue weighted by molar-refractivity contribution is 6.35. The number of benzene rings is 3. The molecule has 1 saturated heterocycles. The van der Waals surface area contributed by atoms with Crippen LogP contribution < -0.4 is 15.5 Å². The molecule has 5 rings (SSSR count). The van der Waals surface area contributed by atoms with Gasteiger partial charge >= 0.3 is 12.0 Å². The Morgan fingerprint density at radius 2 is 1.46 bits per heavy atom. The second-order valence-corrected chi connectivity index (χ2v) is 11.3. The zero-order valence-electron chi connectivity index (χ0n) is 22.7. The van der Waals surface area contributed by atoms with Crippen LogP contribution in [-0.4, -0.2) is 108 Å². The summed E-state index contributed by atoms with van der Waals surface area (Å²) >= 11 is 12.3. The van der Waals surface area contributed by atoms with E-state index in [1.165, 1.54) is 12.1 Å². The van der Waals surface area contributed by atoms with Crippen molar-refractivity contribution in [2.75, 3.05) is 9.80 Å². The Balaban J connectivity index is 1.92. The molecule has 0 aromatic heterocycles. The van der Waals surface area contributed by atoms with Gasteiger partial charge in [-0.25, -0.2) is 9.29 Å². The van der Waals surface area contributed by atoms with Crippen LogP contribution in [-0.2, 0) is 4.74 Å². The van der Waals surface area contributed by atoms with Crippen LogP contribution in [0.3, 0.4) is 0 Å². The summed E-state index contributed by atoms with van der Waals surface area (Å²) in [6.45, 7) is 0. The van der Waals surface area contributed by atoms with E-state index in [2.05, 4.69) is 0 Å². The van der Waals surface area contributed by atoms with Gasteiger partial charge in [0.2, 0.25) is 5.91 Å². The second kappa shape index (κ2) is 10.3. The molecular formula is C26H20B2Cl2FN3O12. The van der Waals surface area contributed by atoms with Crippen molar-refractivity contribution in [1.82, 2.24) is 0 Å². The van der Waals surface area contributed by atoms with Crippen LogP contribution in [0.1, 0.15) is 20.7 Å². The molecule has 46 heavy (non-hydrogen) atoms. The van der Waals surface area contributed by atoms with Crippen molar-refractivity contribution in [2.45, 2.75) is 34.7 Å². The number of piperidine rings is 1. The highest BCUT2D eigenvalue weighted by Gasteiger charge is 2.83. The SMILES string of the molecule is [B]C1(O)N2c3cc(-c4cc(C(N)=O)ccc4Cl)ccc3N(C(=O)c3c(F)cccc3Cl)C(O)(O)OC2(O)C(O)(O)C(O)(O)C1([B])O. The van der Waals surface area contributed by atoms with Crippen LogP contribution in [0.25, 0.3) is 11.1 Å². The minimum absolute atomic E-state index is 0.0396. The first-order valence-corrected chi connectivity index (χ1v) is 13.3. The number of ether oxygens (including phenoxy) is 1. The smallest absolute Gasteiger partial charge is 0.383 e. The van der Waals surface area contributed by atoms with Gasteiger partial charge in [0.15, 0.2) is 0 Å². The van der Waals surface area contributed by atoms with Crippen LogP contribution in [0.5, 0.6) is 0 Å². The number of nitrogens with two attached hydrogens (primary N) is 1. The lowest BCUT2D eigenvalue weighted by atomic mass is 9.54. The van der Waals surface area contributed by atoms with Gasteiger partial charge in [0, 0.05) is 16.1 Å². The van der Waals surface area contributed by atoms with E-state index in [-0.39, 0.29) is 31.5 Å². The van der Waals surface area contributed by atoms with Gasteiger partial charge in [0.25, 0.3) is 17.5 Å². The van der Waals surface area contributed by atoms with Gasteiger partial charge in [0.05, 0.1) is 22.0 Å². The first kappa shape index (κ1) is 34.0. The molecule has 4 radical (unpaired) electrons. The molecule has 2 heterocycles. The molecule has 0 bridgehead atoms. The summed E-state index contributed by atoms with van der Waals surface area (Å²) in [5.74, 6) is -18.0. The minimum Gasteiger partial charge on any atom is -0.390 e. The third-order valence-corrected chi connectivity index (χ3v) is 8.29. The van der Waals surface area contributed by atoms with Crippen molar-refractivity contribution in [2.24, 2.45) is 5.73 Å². The number of halogens is 3. The predicted octanol–water partition coefficient (Wildman–Crippen LogP) is -2.33. The molecule has 2 aliphatic rings. The Morgan fingerprint density at radius 3 is 2.04 bits per heavy atom. The molecule has 15 nitrogen and oxygen atoms in total. The van der Waals surface area contributed by atoms with E-state index in [1.807, 2.05) is 0 Å². The summed E-state index contributed by atoms with van der Waals surface area (Å²) in [7, 11) is 11.3. The Hall–Kier alpha value is -3.36. The molecule has 3 unspecified atom stereocenters. The molecule has 11 N–H and O–H groups in total. The molecule has 238 valence electrons. The summed E-state index contributed by atoms with van der Waals surface area (Å²) in [6.07, 6.45) is -4.36. The van der Waals surface area contributed by atoms with E-state index in [9.17, 15) is 59.9 Å². The number of nitrogens with zero attached hydrogens (tertiary/aromatic N) is 2. The lowest BCUT2D eigenvalue weighted by molar-refractivity contribution is -0.540. The van der Waals surface area contributed by atoms with Crippen LogP contribution in [0, 0.1) is 5.82 Å². The summed E-state index contributed by atoms with van der Waals surface area (Å²) < 4.78 is 19.7. The van der Waals surface area contributed by atoms with Crippen molar-refractivity contribution in [1.29, 1.82) is 0 Å². The molecule has 0 aliphatic carbocycles. The number of primary amides is 1. The number of amides is 2. The number of carbonyl (C=O) groups excluding carboxylic acids is 2. The quantitative estimate of drug-likeness (QED) is 0.103.